The molecule has 4 heteroatoms. The largest absolute Gasteiger partial charge is 0.341 e. The molecule has 0 bridgehead atoms. The Kier molecular flexibility index (Phi) is 3.65. The zero-order valence-corrected chi connectivity index (χ0v) is 10.7. The van der Waals surface area contributed by atoms with Crippen LogP contribution in [0.3, 0.4) is 0 Å². The smallest absolute Gasteiger partial charge is 0.251 e. The number of aryl methyl sites for hydroxylation is 1. The molecule has 1 atom stereocenters. The highest BCUT2D eigenvalue weighted by Crippen LogP contribution is 2.31. The fourth-order valence-corrected chi connectivity index (χ4v) is 2.19. The first kappa shape index (κ1) is 12.6. The number of nitrogens with one attached hydrogen (secondary N) is 2. The number of benzene rings is 1. The van der Waals surface area contributed by atoms with Crippen molar-refractivity contribution in [3.63, 3.8) is 0 Å². The van der Waals surface area contributed by atoms with Gasteiger partial charge in [-0.25, -0.2) is 0 Å². The molecule has 18 heavy (non-hydrogen) atoms. The minimum Gasteiger partial charge on any atom is -0.341 e. The average Bonchev–Trinajstić information content (AvgIpc) is 2.63. The van der Waals surface area contributed by atoms with Crippen LogP contribution in [-0.2, 0) is 16.0 Å². The Morgan fingerprint density at radius 1 is 1.44 bits per heavy atom. The molecule has 1 aliphatic heterocycles. The van der Waals surface area contributed by atoms with Gasteiger partial charge in [-0.3, -0.25) is 9.59 Å². The van der Waals surface area contributed by atoms with E-state index in [2.05, 4.69) is 17.6 Å². The van der Waals surface area contributed by atoms with Crippen LogP contribution in [0.25, 0.3) is 0 Å². The lowest BCUT2D eigenvalue weighted by molar-refractivity contribution is -0.124. The van der Waals surface area contributed by atoms with Crippen molar-refractivity contribution in [1.82, 2.24) is 5.32 Å². The van der Waals surface area contributed by atoms with Crippen molar-refractivity contribution in [2.45, 2.75) is 39.2 Å². The summed E-state index contributed by atoms with van der Waals surface area (Å²) in [6, 6.07) is 5.42. The van der Waals surface area contributed by atoms with Gasteiger partial charge in [-0.05, 0) is 24.5 Å². The van der Waals surface area contributed by atoms with Gasteiger partial charge in [0, 0.05) is 18.2 Å². The zero-order chi connectivity index (χ0) is 13.1. The molecule has 0 saturated heterocycles. The molecule has 0 saturated carbocycles. The maximum atomic E-state index is 11.8. The maximum Gasteiger partial charge on any atom is 0.251 e. The topological polar surface area (TPSA) is 58.2 Å². The molecule has 2 amide bonds. The van der Waals surface area contributed by atoms with Crippen LogP contribution in [0.15, 0.2) is 18.2 Å². The molecule has 0 fully saturated rings. The van der Waals surface area contributed by atoms with Crippen molar-refractivity contribution in [2.75, 3.05) is 5.32 Å². The van der Waals surface area contributed by atoms with Crippen molar-refractivity contribution in [3.05, 3.63) is 29.3 Å². The minimum absolute atomic E-state index is 0.159. The summed E-state index contributed by atoms with van der Waals surface area (Å²) in [4.78, 5) is 22.9. The van der Waals surface area contributed by atoms with Gasteiger partial charge in [0.15, 0.2) is 0 Å². The van der Waals surface area contributed by atoms with Crippen LogP contribution in [0.1, 0.15) is 43.9 Å². The molecule has 0 radical (unpaired) electrons. The van der Waals surface area contributed by atoms with Crippen LogP contribution in [0.4, 0.5) is 5.69 Å². The van der Waals surface area contributed by atoms with E-state index in [1.54, 1.807) is 0 Å². The third kappa shape index (κ3) is 2.53. The molecule has 1 aromatic rings. The number of fused-ring (bicyclic) bond motifs is 1. The fourth-order valence-electron chi connectivity index (χ4n) is 2.19. The molecule has 2 rings (SSSR count). The minimum atomic E-state index is -0.543. The number of rotatable bonds is 4. The number of carbonyl (C=O) groups excluding carboxylic acids is 2. The van der Waals surface area contributed by atoms with E-state index in [1.165, 1.54) is 12.5 Å². The van der Waals surface area contributed by atoms with Crippen LogP contribution in [0, 0.1) is 0 Å². The molecule has 2 N–H and O–H groups in total. The second-order valence-corrected chi connectivity index (χ2v) is 4.65. The van der Waals surface area contributed by atoms with Gasteiger partial charge in [0.2, 0.25) is 5.91 Å². The second-order valence-electron chi connectivity index (χ2n) is 4.65. The SMILES string of the molecule is CCCCc1ccc2c(c1)C(NC(C)=O)C(=O)N2. The number of carbonyl (C=O) groups is 2. The number of hydrogen-bond donors (Lipinski definition) is 2. The number of amides is 2. The molecule has 1 aliphatic rings. The van der Waals surface area contributed by atoms with E-state index in [4.69, 9.17) is 0 Å². The molecule has 1 aromatic carbocycles. The van der Waals surface area contributed by atoms with E-state index < -0.39 is 6.04 Å². The Morgan fingerprint density at radius 3 is 2.89 bits per heavy atom. The molecular formula is C14H18N2O2. The Hall–Kier alpha value is -1.84. The van der Waals surface area contributed by atoms with E-state index >= 15 is 0 Å². The van der Waals surface area contributed by atoms with E-state index in [1.807, 2.05) is 18.2 Å². The predicted octanol–water partition coefficient (Wildman–Crippen LogP) is 2.16. The number of unbranched alkanes of at least 4 members (excludes halogenated alkanes) is 1. The first-order chi connectivity index (χ1) is 8.61. The summed E-state index contributed by atoms with van der Waals surface area (Å²) in [5.74, 6) is -0.352. The van der Waals surface area contributed by atoms with E-state index in [9.17, 15) is 9.59 Å². The summed E-state index contributed by atoms with van der Waals surface area (Å²) in [7, 11) is 0. The summed E-state index contributed by atoms with van der Waals surface area (Å²) in [5, 5.41) is 5.46. The fraction of sp³-hybridized carbons (Fsp3) is 0.429. The third-order valence-corrected chi connectivity index (χ3v) is 3.11. The van der Waals surface area contributed by atoms with Gasteiger partial charge in [0.1, 0.15) is 6.04 Å². The molecule has 4 nitrogen and oxygen atoms in total. The predicted molar refractivity (Wildman–Crippen MR) is 70.2 cm³/mol. The quantitative estimate of drug-likeness (QED) is 0.855. The van der Waals surface area contributed by atoms with Gasteiger partial charge in [0.25, 0.3) is 5.91 Å². The van der Waals surface area contributed by atoms with Crippen molar-refractivity contribution in [1.29, 1.82) is 0 Å². The van der Waals surface area contributed by atoms with Gasteiger partial charge >= 0.3 is 0 Å². The van der Waals surface area contributed by atoms with Crippen molar-refractivity contribution >= 4 is 17.5 Å². The molecule has 0 aromatic heterocycles. The van der Waals surface area contributed by atoms with Crippen LogP contribution < -0.4 is 10.6 Å². The van der Waals surface area contributed by atoms with Crippen LogP contribution >= 0.6 is 0 Å². The summed E-state index contributed by atoms with van der Waals surface area (Å²) < 4.78 is 0. The highest BCUT2D eigenvalue weighted by Gasteiger charge is 2.31. The van der Waals surface area contributed by atoms with E-state index in [0.29, 0.717) is 0 Å². The highest BCUT2D eigenvalue weighted by atomic mass is 16.2. The maximum absolute atomic E-state index is 11.8. The van der Waals surface area contributed by atoms with Crippen LogP contribution in [0.2, 0.25) is 0 Å². The molecule has 1 unspecified atom stereocenters. The highest BCUT2D eigenvalue weighted by molar-refractivity contribution is 6.04. The monoisotopic (exact) mass is 246 g/mol. The summed E-state index contributed by atoms with van der Waals surface area (Å²) in [6.07, 6.45) is 3.28. The molecule has 1 heterocycles. The lowest BCUT2D eigenvalue weighted by Crippen LogP contribution is -2.31. The molecule has 0 spiro atoms. The van der Waals surface area contributed by atoms with E-state index in [-0.39, 0.29) is 11.8 Å². The summed E-state index contributed by atoms with van der Waals surface area (Å²) in [5.41, 5.74) is 2.89. The Bertz CT molecular complexity index is 483. The van der Waals surface area contributed by atoms with Gasteiger partial charge in [-0.15, -0.1) is 0 Å². The molecule has 0 aliphatic carbocycles. The Balaban J connectivity index is 2.24. The third-order valence-electron chi connectivity index (χ3n) is 3.11. The Labute approximate surface area is 107 Å². The van der Waals surface area contributed by atoms with Gasteiger partial charge in [-0.1, -0.05) is 25.5 Å². The zero-order valence-electron chi connectivity index (χ0n) is 10.7. The van der Waals surface area contributed by atoms with Crippen molar-refractivity contribution in [2.24, 2.45) is 0 Å². The van der Waals surface area contributed by atoms with Crippen molar-refractivity contribution in [3.8, 4) is 0 Å². The second kappa shape index (κ2) is 5.21. The van der Waals surface area contributed by atoms with Crippen molar-refractivity contribution < 1.29 is 9.59 Å². The van der Waals surface area contributed by atoms with Crippen LogP contribution in [-0.4, -0.2) is 11.8 Å². The van der Waals surface area contributed by atoms with Crippen LogP contribution in [0.5, 0.6) is 0 Å². The van der Waals surface area contributed by atoms with Gasteiger partial charge < -0.3 is 10.6 Å². The molecular weight excluding hydrogens is 228 g/mol. The lowest BCUT2D eigenvalue weighted by atomic mass is 10.0. The summed E-state index contributed by atoms with van der Waals surface area (Å²) in [6.45, 7) is 3.57. The number of anilines is 1. The lowest BCUT2D eigenvalue weighted by Gasteiger charge is -2.10. The first-order valence-electron chi connectivity index (χ1n) is 6.32. The molecule has 96 valence electrons. The normalized spacial score (nSPS) is 17.2. The standard InChI is InChI=1S/C14H18N2O2/c1-3-4-5-10-6-7-12-11(8-10)13(14(18)16-12)15-9(2)17/h6-8,13H,3-5H2,1-2H3,(H,15,17)(H,16,18). The van der Waals surface area contributed by atoms with E-state index in [0.717, 1.165) is 30.5 Å². The first-order valence-corrected chi connectivity index (χ1v) is 6.32. The summed E-state index contributed by atoms with van der Waals surface area (Å²) >= 11 is 0. The van der Waals surface area contributed by atoms with Gasteiger partial charge in [0.05, 0.1) is 0 Å². The number of hydrogen-bond acceptors (Lipinski definition) is 2. The average molecular weight is 246 g/mol. The Morgan fingerprint density at radius 2 is 2.22 bits per heavy atom. The van der Waals surface area contributed by atoms with Gasteiger partial charge in [-0.2, -0.15) is 0 Å².